The van der Waals surface area contributed by atoms with Gasteiger partial charge in [-0.05, 0) is 50.2 Å². The molecule has 0 aliphatic rings. The number of carbonyl (C=O) groups excluding carboxylic acids is 3. The van der Waals surface area contributed by atoms with Crippen LogP contribution in [0.2, 0.25) is 0 Å². The molecule has 0 aliphatic heterocycles. The third-order valence-electron chi connectivity index (χ3n) is 3.70. The van der Waals surface area contributed by atoms with E-state index in [0.717, 1.165) is 4.88 Å². The topological polar surface area (TPSA) is 133 Å². The minimum absolute atomic E-state index is 0.00213. The van der Waals surface area contributed by atoms with E-state index in [9.17, 15) is 22.8 Å². The van der Waals surface area contributed by atoms with Crippen molar-refractivity contribution < 1.29 is 27.5 Å². The summed E-state index contributed by atoms with van der Waals surface area (Å²) in [4.78, 5) is 37.5. The van der Waals surface area contributed by atoms with Crippen molar-refractivity contribution in [3.8, 4) is 0 Å². The van der Waals surface area contributed by atoms with Gasteiger partial charge in [0.25, 0.3) is 5.91 Å². The molecular weight excluding hydrogens is 404 g/mol. The summed E-state index contributed by atoms with van der Waals surface area (Å²) < 4.78 is 27.5. The number of benzene rings is 1. The van der Waals surface area contributed by atoms with E-state index >= 15 is 0 Å². The van der Waals surface area contributed by atoms with Gasteiger partial charge in [0.15, 0.2) is 11.9 Å². The molecule has 1 aromatic carbocycles. The number of thiophene rings is 1. The summed E-state index contributed by atoms with van der Waals surface area (Å²) in [7, 11) is -3.82. The zero-order valence-corrected chi connectivity index (χ0v) is 16.9. The van der Waals surface area contributed by atoms with E-state index in [1.165, 1.54) is 42.5 Å². The van der Waals surface area contributed by atoms with Crippen LogP contribution >= 0.6 is 11.3 Å². The number of nitrogens with two attached hydrogens (primary N) is 1. The summed E-state index contributed by atoms with van der Waals surface area (Å²) >= 11 is 1.36. The highest BCUT2D eigenvalue weighted by Gasteiger charge is 2.19. The van der Waals surface area contributed by atoms with Crippen LogP contribution in [0, 0.1) is 6.92 Å². The average Bonchev–Trinajstić information content (AvgIpc) is 3.05. The molecule has 3 N–H and O–H groups in total. The first-order valence-electron chi connectivity index (χ1n) is 8.29. The van der Waals surface area contributed by atoms with E-state index in [0.29, 0.717) is 10.6 Å². The minimum Gasteiger partial charge on any atom is -0.453 e. The fourth-order valence-electron chi connectivity index (χ4n) is 2.20. The monoisotopic (exact) mass is 424 g/mol. The first-order valence-corrected chi connectivity index (χ1v) is 10.7. The average molecular weight is 425 g/mol. The summed E-state index contributed by atoms with van der Waals surface area (Å²) in [5.74, 6) is -1.40. The molecule has 1 atom stereocenters. The molecule has 2 aromatic rings. The van der Waals surface area contributed by atoms with Crippen molar-refractivity contribution in [3.63, 3.8) is 0 Å². The SMILES string of the molecule is Cc1ccc(C(=O)CCC(=O)O[C@H](C)C(=O)Nc2ccc(S(N)(=O)=O)cc2)s1. The predicted octanol–water partition coefficient (Wildman–Crippen LogP) is 2.24. The fraction of sp³-hybridized carbons (Fsp3) is 0.278. The first kappa shape index (κ1) is 21.7. The lowest BCUT2D eigenvalue weighted by Crippen LogP contribution is -2.30. The van der Waals surface area contributed by atoms with Crippen LogP contribution < -0.4 is 10.5 Å². The van der Waals surface area contributed by atoms with E-state index in [1.54, 1.807) is 6.07 Å². The summed E-state index contributed by atoms with van der Waals surface area (Å²) in [5.41, 5.74) is 0.323. The molecule has 0 saturated heterocycles. The second-order valence-electron chi connectivity index (χ2n) is 6.02. The van der Waals surface area contributed by atoms with Crippen LogP contribution in [0.3, 0.4) is 0 Å². The number of nitrogens with one attached hydrogen (secondary N) is 1. The maximum Gasteiger partial charge on any atom is 0.307 e. The number of sulfonamides is 1. The van der Waals surface area contributed by atoms with Gasteiger partial charge >= 0.3 is 5.97 Å². The number of hydrogen-bond donors (Lipinski definition) is 2. The van der Waals surface area contributed by atoms with Crippen LogP contribution in [-0.2, 0) is 24.3 Å². The van der Waals surface area contributed by atoms with E-state index in [-0.39, 0.29) is 23.5 Å². The maximum absolute atomic E-state index is 12.1. The molecule has 0 fully saturated rings. The van der Waals surface area contributed by atoms with Crippen molar-refractivity contribution in [2.75, 3.05) is 5.32 Å². The molecule has 0 saturated carbocycles. The Hall–Kier alpha value is -2.56. The van der Waals surface area contributed by atoms with Crippen molar-refractivity contribution in [3.05, 3.63) is 46.2 Å². The number of anilines is 1. The van der Waals surface area contributed by atoms with Gasteiger partial charge < -0.3 is 10.1 Å². The van der Waals surface area contributed by atoms with Gasteiger partial charge in [0.1, 0.15) is 0 Å². The number of hydrogen-bond acceptors (Lipinski definition) is 7. The Kier molecular flexibility index (Phi) is 7.05. The Morgan fingerprint density at radius 2 is 1.75 bits per heavy atom. The largest absolute Gasteiger partial charge is 0.453 e. The van der Waals surface area contributed by atoms with Crippen LogP contribution in [0.25, 0.3) is 0 Å². The molecule has 0 spiro atoms. The predicted molar refractivity (Wildman–Crippen MR) is 105 cm³/mol. The number of ketones is 1. The molecule has 1 amide bonds. The second kappa shape index (κ2) is 9.09. The first-order chi connectivity index (χ1) is 13.1. The van der Waals surface area contributed by atoms with E-state index < -0.39 is 28.0 Å². The lowest BCUT2D eigenvalue weighted by atomic mass is 10.2. The Morgan fingerprint density at radius 1 is 1.11 bits per heavy atom. The molecule has 0 bridgehead atoms. The van der Waals surface area contributed by atoms with Gasteiger partial charge in [-0.15, -0.1) is 11.3 Å². The van der Waals surface area contributed by atoms with Crippen molar-refractivity contribution in [1.82, 2.24) is 0 Å². The van der Waals surface area contributed by atoms with Crippen LogP contribution in [0.15, 0.2) is 41.3 Å². The van der Waals surface area contributed by atoms with Crippen LogP contribution in [0.1, 0.15) is 34.3 Å². The number of amides is 1. The lowest BCUT2D eigenvalue weighted by Gasteiger charge is -2.13. The zero-order chi connectivity index (χ0) is 20.9. The van der Waals surface area contributed by atoms with E-state index in [2.05, 4.69) is 5.32 Å². The Bertz CT molecular complexity index is 980. The normalized spacial score (nSPS) is 12.2. The summed E-state index contributed by atoms with van der Waals surface area (Å²) in [6.07, 6.45) is -1.21. The van der Waals surface area contributed by atoms with Crippen molar-refractivity contribution in [2.45, 2.75) is 37.7 Å². The molecule has 0 radical (unpaired) electrons. The smallest absolute Gasteiger partial charge is 0.307 e. The van der Waals surface area contributed by atoms with Crippen molar-refractivity contribution >= 4 is 44.7 Å². The number of esters is 1. The quantitative estimate of drug-likeness (QED) is 0.493. The summed E-state index contributed by atoms with van der Waals surface area (Å²) in [6.45, 7) is 3.29. The van der Waals surface area contributed by atoms with Gasteiger partial charge in [0.05, 0.1) is 16.2 Å². The van der Waals surface area contributed by atoms with Gasteiger partial charge in [-0.1, -0.05) is 0 Å². The third kappa shape index (κ3) is 6.25. The van der Waals surface area contributed by atoms with Gasteiger partial charge in [0.2, 0.25) is 10.0 Å². The molecule has 8 nitrogen and oxygen atoms in total. The van der Waals surface area contributed by atoms with Gasteiger partial charge in [-0.2, -0.15) is 0 Å². The third-order valence-corrected chi connectivity index (χ3v) is 5.67. The lowest BCUT2D eigenvalue weighted by molar-refractivity contribution is -0.153. The Labute approximate surface area is 166 Å². The van der Waals surface area contributed by atoms with Crippen LogP contribution in [-0.4, -0.2) is 32.2 Å². The molecule has 10 heteroatoms. The Balaban J connectivity index is 1.82. The van der Waals surface area contributed by atoms with Crippen LogP contribution in [0.5, 0.6) is 0 Å². The van der Waals surface area contributed by atoms with Gasteiger partial charge in [-0.3, -0.25) is 14.4 Å². The zero-order valence-electron chi connectivity index (χ0n) is 15.3. The fourth-order valence-corrected chi connectivity index (χ4v) is 3.56. The number of Topliss-reactive ketones (excluding diaryl/α,β-unsaturated/α-hetero) is 1. The van der Waals surface area contributed by atoms with E-state index in [1.807, 2.05) is 13.0 Å². The van der Waals surface area contributed by atoms with Gasteiger partial charge in [-0.25, -0.2) is 13.6 Å². The van der Waals surface area contributed by atoms with Gasteiger partial charge in [0, 0.05) is 17.0 Å². The number of primary sulfonamides is 1. The molecule has 28 heavy (non-hydrogen) atoms. The standard InChI is InChI=1S/C18H20N2O6S2/c1-11-3-9-16(27-11)15(21)8-10-17(22)26-12(2)18(23)20-13-4-6-14(7-5-13)28(19,24)25/h3-7,9,12H,8,10H2,1-2H3,(H,20,23)(H2,19,24,25)/t12-/m1/s1. The highest BCUT2D eigenvalue weighted by atomic mass is 32.2. The second-order valence-corrected chi connectivity index (χ2v) is 8.87. The van der Waals surface area contributed by atoms with Crippen LogP contribution in [0.4, 0.5) is 5.69 Å². The molecule has 1 heterocycles. The number of ether oxygens (including phenoxy) is 1. The molecule has 2 rings (SSSR count). The molecular formula is C18H20N2O6S2. The summed E-state index contributed by atoms with van der Waals surface area (Å²) in [5, 5.41) is 7.51. The molecule has 150 valence electrons. The van der Waals surface area contributed by atoms with E-state index in [4.69, 9.17) is 9.88 Å². The molecule has 0 unspecified atom stereocenters. The highest BCUT2D eigenvalue weighted by molar-refractivity contribution is 7.89. The number of aryl methyl sites for hydroxylation is 1. The number of carbonyl (C=O) groups is 3. The molecule has 1 aromatic heterocycles. The van der Waals surface area contributed by atoms with Crippen molar-refractivity contribution in [2.24, 2.45) is 5.14 Å². The number of rotatable bonds is 8. The highest BCUT2D eigenvalue weighted by Crippen LogP contribution is 2.18. The Morgan fingerprint density at radius 3 is 2.29 bits per heavy atom. The minimum atomic E-state index is -3.82. The summed E-state index contributed by atoms with van der Waals surface area (Å²) in [6, 6.07) is 8.78. The maximum atomic E-state index is 12.1. The van der Waals surface area contributed by atoms with Crippen molar-refractivity contribution in [1.29, 1.82) is 0 Å². The molecule has 0 aliphatic carbocycles.